The molecular weight excluding hydrogens is 337 g/mol. The Bertz CT molecular complexity index is 663. The van der Waals surface area contributed by atoms with Gasteiger partial charge in [-0.1, -0.05) is 29.6 Å². The van der Waals surface area contributed by atoms with Crippen molar-refractivity contribution in [3.05, 3.63) is 39.7 Å². The molecule has 0 amide bonds. The molecule has 124 valence electrons. The van der Waals surface area contributed by atoms with Crippen LogP contribution < -0.4 is 0 Å². The van der Waals surface area contributed by atoms with Crippen molar-refractivity contribution < 1.29 is 4.74 Å². The average molecular weight is 356 g/mol. The summed E-state index contributed by atoms with van der Waals surface area (Å²) >= 11 is 12.2. The Hall–Kier alpha value is -1.21. The first kappa shape index (κ1) is 16.6. The third-order valence-corrected chi connectivity index (χ3v) is 4.51. The molecule has 2 aromatic heterocycles. The number of hydrogen-bond donors (Lipinski definition) is 1. The number of nitrogens with zero attached hydrogens (tertiary/aromatic N) is 4. The first-order valence-corrected chi connectivity index (χ1v) is 8.37. The Labute approximate surface area is 145 Å². The second kappa shape index (κ2) is 7.57. The van der Waals surface area contributed by atoms with Crippen molar-refractivity contribution in [2.45, 2.75) is 38.5 Å². The second-order valence-corrected chi connectivity index (χ2v) is 6.48. The van der Waals surface area contributed by atoms with Gasteiger partial charge in [0.1, 0.15) is 6.61 Å². The summed E-state index contributed by atoms with van der Waals surface area (Å²) in [6.45, 7) is 2.07. The fourth-order valence-corrected chi connectivity index (χ4v) is 3.32. The predicted molar refractivity (Wildman–Crippen MR) is 88.4 cm³/mol. The summed E-state index contributed by atoms with van der Waals surface area (Å²) in [7, 11) is 1.64. The topological polar surface area (TPSA) is 66.9 Å². The summed E-state index contributed by atoms with van der Waals surface area (Å²) in [5.41, 5.74) is 0.829. The average Bonchev–Trinajstić information content (AvgIpc) is 2.99. The van der Waals surface area contributed by atoms with Crippen molar-refractivity contribution in [2.75, 3.05) is 13.7 Å². The van der Waals surface area contributed by atoms with Crippen LogP contribution >= 0.6 is 23.2 Å². The summed E-state index contributed by atoms with van der Waals surface area (Å²) in [4.78, 5) is 11.2. The number of likely N-dealkylation sites (tertiary alicyclic amines) is 1. The number of piperidine rings is 1. The van der Waals surface area contributed by atoms with E-state index in [-0.39, 0.29) is 6.04 Å². The molecule has 1 aliphatic rings. The van der Waals surface area contributed by atoms with Gasteiger partial charge in [-0.05, 0) is 25.5 Å². The van der Waals surface area contributed by atoms with Crippen molar-refractivity contribution >= 4 is 23.2 Å². The predicted octanol–water partition coefficient (Wildman–Crippen LogP) is 3.38. The van der Waals surface area contributed by atoms with Gasteiger partial charge in [0, 0.05) is 19.9 Å². The second-order valence-electron chi connectivity index (χ2n) is 5.64. The molecule has 0 bridgehead atoms. The highest BCUT2D eigenvalue weighted by molar-refractivity contribution is 6.34. The summed E-state index contributed by atoms with van der Waals surface area (Å²) in [5.74, 6) is 1.55. The number of methoxy groups -OCH3 is 1. The molecular formula is C15H19Cl2N5O. The fraction of sp³-hybridized carbons (Fsp3) is 0.533. The highest BCUT2D eigenvalue weighted by Crippen LogP contribution is 2.31. The lowest BCUT2D eigenvalue weighted by atomic mass is 10.0. The molecule has 1 unspecified atom stereocenters. The molecule has 23 heavy (non-hydrogen) atoms. The van der Waals surface area contributed by atoms with E-state index in [1.807, 2.05) is 0 Å². The molecule has 1 aliphatic heterocycles. The smallest absolute Gasteiger partial charge is 0.167 e. The SMILES string of the molecule is COCc1nc(C2CCCCN2Cc2ncc(Cl)cc2Cl)n[nH]1. The number of aromatic amines is 1. The molecule has 1 fully saturated rings. The minimum absolute atomic E-state index is 0.166. The van der Waals surface area contributed by atoms with Gasteiger partial charge in [-0.15, -0.1) is 0 Å². The van der Waals surface area contributed by atoms with Gasteiger partial charge >= 0.3 is 0 Å². The third kappa shape index (κ3) is 4.01. The van der Waals surface area contributed by atoms with E-state index in [0.717, 1.165) is 43.1 Å². The number of pyridine rings is 1. The van der Waals surface area contributed by atoms with Crippen LogP contribution in [0.2, 0.25) is 10.0 Å². The molecule has 0 aliphatic carbocycles. The van der Waals surface area contributed by atoms with E-state index in [1.165, 1.54) is 0 Å². The minimum atomic E-state index is 0.166. The van der Waals surface area contributed by atoms with Crippen LogP contribution in [0.25, 0.3) is 0 Å². The van der Waals surface area contributed by atoms with Crippen LogP contribution in [0.1, 0.15) is 42.6 Å². The van der Waals surface area contributed by atoms with Crippen LogP contribution in [0.3, 0.4) is 0 Å². The summed E-state index contributed by atoms with van der Waals surface area (Å²) < 4.78 is 5.09. The van der Waals surface area contributed by atoms with Crippen molar-refractivity contribution in [1.29, 1.82) is 0 Å². The largest absolute Gasteiger partial charge is 0.377 e. The Morgan fingerprint density at radius 3 is 3.04 bits per heavy atom. The number of aromatic nitrogens is 4. The molecule has 0 spiro atoms. The number of halogens is 2. The Morgan fingerprint density at radius 2 is 2.26 bits per heavy atom. The maximum Gasteiger partial charge on any atom is 0.167 e. The number of nitrogens with one attached hydrogen (secondary N) is 1. The van der Waals surface area contributed by atoms with Crippen LogP contribution in [0, 0.1) is 0 Å². The molecule has 0 aromatic carbocycles. The van der Waals surface area contributed by atoms with E-state index in [4.69, 9.17) is 27.9 Å². The minimum Gasteiger partial charge on any atom is -0.377 e. The maximum absolute atomic E-state index is 6.26. The number of hydrogen-bond acceptors (Lipinski definition) is 5. The van der Waals surface area contributed by atoms with Gasteiger partial charge in [0.2, 0.25) is 0 Å². The lowest BCUT2D eigenvalue weighted by Gasteiger charge is -2.33. The number of ether oxygens (including phenoxy) is 1. The first-order chi connectivity index (χ1) is 11.2. The van der Waals surface area contributed by atoms with E-state index in [0.29, 0.717) is 23.2 Å². The highest BCUT2D eigenvalue weighted by Gasteiger charge is 2.28. The van der Waals surface area contributed by atoms with Crippen molar-refractivity contribution in [3.63, 3.8) is 0 Å². The van der Waals surface area contributed by atoms with E-state index >= 15 is 0 Å². The normalized spacial score (nSPS) is 19.2. The number of rotatable bonds is 5. The Kier molecular flexibility index (Phi) is 5.48. The molecule has 3 rings (SSSR count). The first-order valence-electron chi connectivity index (χ1n) is 7.61. The zero-order valence-electron chi connectivity index (χ0n) is 12.9. The maximum atomic E-state index is 6.26. The quantitative estimate of drug-likeness (QED) is 0.890. The molecule has 0 radical (unpaired) electrons. The molecule has 2 aromatic rings. The van der Waals surface area contributed by atoms with E-state index < -0.39 is 0 Å². The van der Waals surface area contributed by atoms with Crippen LogP contribution in [0.4, 0.5) is 0 Å². The van der Waals surface area contributed by atoms with Crippen LogP contribution in [0.15, 0.2) is 12.3 Å². The summed E-state index contributed by atoms with van der Waals surface area (Å²) in [5, 5.41) is 8.43. The molecule has 1 N–H and O–H groups in total. The van der Waals surface area contributed by atoms with E-state index in [1.54, 1.807) is 19.4 Å². The zero-order valence-corrected chi connectivity index (χ0v) is 14.4. The molecule has 1 saturated heterocycles. The molecule has 8 heteroatoms. The highest BCUT2D eigenvalue weighted by atomic mass is 35.5. The lowest BCUT2D eigenvalue weighted by Crippen LogP contribution is -2.34. The van der Waals surface area contributed by atoms with E-state index in [9.17, 15) is 0 Å². The van der Waals surface area contributed by atoms with Gasteiger partial charge in [0.15, 0.2) is 11.6 Å². The van der Waals surface area contributed by atoms with Gasteiger partial charge < -0.3 is 4.74 Å². The summed E-state index contributed by atoms with van der Waals surface area (Å²) in [6, 6.07) is 1.90. The van der Waals surface area contributed by atoms with Gasteiger partial charge in [-0.25, -0.2) is 4.98 Å². The molecule has 0 saturated carbocycles. The zero-order chi connectivity index (χ0) is 16.2. The Morgan fingerprint density at radius 1 is 1.39 bits per heavy atom. The van der Waals surface area contributed by atoms with Crippen molar-refractivity contribution in [1.82, 2.24) is 25.1 Å². The third-order valence-electron chi connectivity index (χ3n) is 3.98. The van der Waals surface area contributed by atoms with Gasteiger partial charge in [0.25, 0.3) is 0 Å². The van der Waals surface area contributed by atoms with Crippen molar-refractivity contribution in [3.8, 4) is 0 Å². The van der Waals surface area contributed by atoms with Gasteiger partial charge in [0.05, 0.1) is 21.8 Å². The number of H-pyrrole nitrogens is 1. The molecule has 6 nitrogen and oxygen atoms in total. The summed E-state index contributed by atoms with van der Waals surface area (Å²) in [6.07, 6.45) is 4.97. The van der Waals surface area contributed by atoms with Crippen LogP contribution in [-0.2, 0) is 17.9 Å². The Balaban J connectivity index is 1.77. The van der Waals surface area contributed by atoms with E-state index in [2.05, 4.69) is 25.1 Å². The standard InChI is InChI=1S/C15H19Cl2N5O/c1-23-9-14-19-15(21-20-14)13-4-2-3-5-22(13)8-12-11(17)6-10(16)7-18-12/h6-7,13H,2-5,8-9H2,1H3,(H,19,20,21). The lowest BCUT2D eigenvalue weighted by molar-refractivity contribution is 0.132. The van der Waals surface area contributed by atoms with Gasteiger partial charge in [-0.2, -0.15) is 5.10 Å². The molecule has 3 heterocycles. The van der Waals surface area contributed by atoms with Crippen LogP contribution in [-0.4, -0.2) is 38.7 Å². The fourth-order valence-electron chi connectivity index (χ4n) is 2.88. The molecule has 1 atom stereocenters. The van der Waals surface area contributed by atoms with Crippen LogP contribution in [0.5, 0.6) is 0 Å². The monoisotopic (exact) mass is 355 g/mol. The van der Waals surface area contributed by atoms with Gasteiger partial charge in [-0.3, -0.25) is 15.0 Å². The van der Waals surface area contributed by atoms with Crippen molar-refractivity contribution in [2.24, 2.45) is 0 Å².